The largest absolute Gasteiger partial charge is 0.280 e. The lowest BCUT2D eigenvalue weighted by molar-refractivity contribution is 0.650. The van der Waals surface area contributed by atoms with Crippen molar-refractivity contribution in [3.8, 4) is 0 Å². The van der Waals surface area contributed by atoms with Crippen LogP contribution in [0.25, 0.3) is 0 Å². The Bertz CT molecular complexity index is 473. The second-order valence-electron chi connectivity index (χ2n) is 4.12. The zero-order valence-corrected chi connectivity index (χ0v) is 10.3. The number of aliphatic imine (C=N–C) groups is 1. The van der Waals surface area contributed by atoms with E-state index in [1.165, 1.54) is 11.3 Å². The van der Waals surface area contributed by atoms with Crippen LogP contribution in [0.5, 0.6) is 0 Å². The highest BCUT2D eigenvalue weighted by atomic mass is 79.9. The fourth-order valence-electron chi connectivity index (χ4n) is 2.27. The lowest BCUT2D eigenvalue weighted by atomic mass is 9.93. The number of halogens is 1. The van der Waals surface area contributed by atoms with Crippen LogP contribution < -0.4 is 0 Å². The average molecular weight is 274 g/mol. The molecule has 2 heteroatoms. The van der Waals surface area contributed by atoms with Gasteiger partial charge in [-0.25, -0.2) is 0 Å². The molecule has 0 saturated heterocycles. The molecule has 0 amide bonds. The number of fused-ring (bicyclic) bond motifs is 1. The van der Waals surface area contributed by atoms with Gasteiger partial charge < -0.3 is 0 Å². The minimum absolute atomic E-state index is 0.310. The summed E-state index contributed by atoms with van der Waals surface area (Å²) in [6, 6.07) is 10.7. The maximum Gasteiger partial charge on any atom is 0.0764 e. The molecule has 1 heterocycles. The fourth-order valence-corrected chi connectivity index (χ4v) is 3.14. The van der Waals surface area contributed by atoms with Crippen LogP contribution in [0.1, 0.15) is 5.56 Å². The van der Waals surface area contributed by atoms with Gasteiger partial charge in [0.15, 0.2) is 0 Å². The predicted octanol–water partition coefficient (Wildman–Crippen LogP) is 3.36. The van der Waals surface area contributed by atoms with Crippen molar-refractivity contribution in [2.24, 2.45) is 10.9 Å². The number of allylic oxidation sites excluding steroid dienone is 2. The van der Waals surface area contributed by atoms with Crippen molar-refractivity contribution in [1.82, 2.24) is 0 Å². The van der Waals surface area contributed by atoms with Crippen LogP contribution in [0.3, 0.4) is 0 Å². The topological polar surface area (TPSA) is 12.4 Å². The highest BCUT2D eigenvalue weighted by molar-refractivity contribution is 9.10. The van der Waals surface area contributed by atoms with Crippen molar-refractivity contribution in [3.63, 3.8) is 0 Å². The first-order valence-electron chi connectivity index (χ1n) is 5.48. The molecular formula is C14H12BrN. The van der Waals surface area contributed by atoms with E-state index in [0.29, 0.717) is 16.8 Å². The molecule has 0 aromatic heterocycles. The van der Waals surface area contributed by atoms with Gasteiger partial charge in [-0.15, -0.1) is 0 Å². The van der Waals surface area contributed by atoms with Gasteiger partial charge in [-0.2, -0.15) is 0 Å². The average Bonchev–Trinajstić information content (AvgIpc) is 2.69. The summed E-state index contributed by atoms with van der Waals surface area (Å²) in [5.74, 6) is 0.472. The first-order chi connectivity index (χ1) is 7.86. The summed E-state index contributed by atoms with van der Waals surface area (Å²) < 4.78 is 0. The van der Waals surface area contributed by atoms with Gasteiger partial charge in [0.05, 0.1) is 16.6 Å². The van der Waals surface area contributed by atoms with E-state index in [1.807, 2.05) is 6.07 Å². The molecule has 3 atom stereocenters. The fraction of sp³-hybridized carbons (Fsp3) is 0.214. The third kappa shape index (κ3) is 1.57. The number of rotatable bonds is 1. The lowest BCUT2D eigenvalue weighted by Crippen LogP contribution is -2.22. The summed E-state index contributed by atoms with van der Waals surface area (Å²) in [5.41, 5.74) is 2.40. The molecule has 0 bridgehead atoms. The first kappa shape index (κ1) is 10.0. The Hall–Kier alpha value is -1.15. The first-order valence-corrected chi connectivity index (χ1v) is 6.40. The van der Waals surface area contributed by atoms with Crippen LogP contribution in [0, 0.1) is 5.92 Å². The second kappa shape index (κ2) is 4.02. The van der Waals surface area contributed by atoms with Crippen molar-refractivity contribution in [3.05, 3.63) is 60.2 Å². The van der Waals surface area contributed by atoms with Crippen LogP contribution in [0.4, 0.5) is 0 Å². The van der Waals surface area contributed by atoms with Crippen molar-refractivity contribution >= 4 is 21.6 Å². The summed E-state index contributed by atoms with van der Waals surface area (Å²) in [5, 5.41) is 0. The lowest BCUT2D eigenvalue weighted by Gasteiger charge is -2.16. The summed E-state index contributed by atoms with van der Waals surface area (Å²) >= 11 is 3.77. The second-order valence-corrected chi connectivity index (χ2v) is 5.11. The monoisotopic (exact) mass is 273 g/mol. The van der Waals surface area contributed by atoms with Crippen LogP contribution in [0.2, 0.25) is 0 Å². The van der Waals surface area contributed by atoms with E-state index in [9.17, 15) is 0 Å². The third-order valence-electron chi connectivity index (χ3n) is 3.10. The van der Waals surface area contributed by atoms with E-state index in [-0.39, 0.29) is 0 Å². The minimum Gasteiger partial charge on any atom is -0.280 e. The van der Waals surface area contributed by atoms with Gasteiger partial charge in [0.25, 0.3) is 0 Å². The predicted molar refractivity (Wildman–Crippen MR) is 71.3 cm³/mol. The van der Waals surface area contributed by atoms with E-state index in [1.54, 1.807) is 0 Å². The zero-order chi connectivity index (χ0) is 11.0. The Morgan fingerprint density at radius 1 is 1.00 bits per heavy atom. The molecule has 1 aliphatic carbocycles. The van der Waals surface area contributed by atoms with Crippen LogP contribution >= 0.6 is 15.9 Å². The van der Waals surface area contributed by atoms with E-state index in [4.69, 9.17) is 4.99 Å². The van der Waals surface area contributed by atoms with Gasteiger partial charge in [-0.3, -0.25) is 4.99 Å². The number of alkyl halides is 1. The molecule has 1 aromatic carbocycles. The standard InChI is InChI=1S/C14H12BrN/c15-13-11-8-4-5-9-12(11)16-14(13)10-6-2-1-3-7-10/h1-9,11-13H. The SMILES string of the molecule is BrC1C(c2ccccc2)=NC2C=CC=CC21. The summed E-state index contributed by atoms with van der Waals surface area (Å²) in [4.78, 5) is 5.13. The Morgan fingerprint density at radius 2 is 1.75 bits per heavy atom. The number of nitrogens with zero attached hydrogens (tertiary/aromatic N) is 1. The van der Waals surface area contributed by atoms with Gasteiger partial charge in [-0.05, 0) is 5.56 Å². The van der Waals surface area contributed by atoms with Gasteiger partial charge in [0, 0.05) is 5.92 Å². The Morgan fingerprint density at radius 3 is 2.50 bits per heavy atom. The van der Waals surface area contributed by atoms with E-state index in [0.717, 1.165) is 0 Å². The molecule has 2 aliphatic rings. The smallest absolute Gasteiger partial charge is 0.0764 e. The number of hydrogen-bond donors (Lipinski definition) is 0. The van der Waals surface area contributed by atoms with Crippen LogP contribution in [-0.4, -0.2) is 16.6 Å². The minimum atomic E-state index is 0.310. The van der Waals surface area contributed by atoms with E-state index in [2.05, 4.69) is 64.5 Å². The van der Waals surface area contributed by atoms with Crippen LogP contribution in [0.15, 0.2) is 59.6 Å². The van der Waals surface area contributed by atoms with Gasteiger partial charge in [-0.1, -0.05) is 70.6 Å². The van der Waals surface area contributed by atoms with Crippen molar-refractivity contribution in [2.75, 3.05) is 0 Å². The summed E-state index contributed by atoms with van der Waals surface area (Å²) in [6.45, 7) is 0. The molecule has 1 aromatic rings. The van der Waals surface area contributed by atoms with E-state index < -0.39 is 0 Å². The van der Waals surface area contributed by atoms with Gasteiger partial charge >= 0.3 is 0 Å². The third-order valence-corrected chi connectivity index (χ3v) is 4.15. The highest BCUT2D eigenvalue weighted by Crippen LogP contribution is 2.34. The molecule has 0 N–H and O–H groups in total. The molecule has 0 saturated carbocycles. The molecule has 3 rings (SSSR count). The van der Waals surface area contributed by atoms with Gasteiger partial charge in [0.1, 0.15) is 0 Å². The number of hydrogen-bond acceptors (Lipinski definition) is 1. The molecule has 0 radical (unpaired) electrons. The molecule has 80 valence electrons. The molecule has 3 unspecified atom stereocenters. The summed E-state index contributed by atoms with van der Waals surface area (Å²) in [6.07, 6.45) is 8.61. The maximum atomic E-state index is 4.79. The Kier molecular flexibility index (Phi) is 2.52. The molecule has 1 nitrogen and oxygen atoms in total. The van der Waals surface area contributed by atoms with Crippen molar-refractivity contribution in [1.29, 1.82) is 0 Å². The molecule has 0 spiro atoms. The normalized spacial score (nSPS) is 31.3. The zero-order valence-electron chi connectivity index (χ0n) is 8.75. The molecule has 16 heavy (non-hydrogen) atoms. The highest BCUT2D eigenvalue weighted by Gasteiger charge is 2.35. The van der Waals surface area contributed by atoms with Crippen molar-refractivity contribution in [2.45, 2.75) is 10.9 Å². The Balaban J connectivity index is 1.98. The van der Waals surface area contributed by atoms with E-state index >= 15 is 0 Å². The van der Waals surface area contributed by atoms with Crippen LogP contribution in [-0.2, 0) is 0 Å². The molecule has 1 aliphatic heterocycles. The van der Waals surface area contributed by atoms with Crippen molar-refractivity contribution < 1.29 is 0 Å². The number of benzene rings is 1. The molecular weight excluding hydrogens is 262 g/mol. The quantitative estimate of drug-likeness (QED) is 0.696. The Labute approximate surface area is 104 Å². The summed E-state index contributed by atoms with van der Waals surface area (Å²) in [7, 11) is 0. The van der Waals surface area contributed by atoms with Gasteiger partial charge in [0.2, 0.25) is 0 Å². The maximum absolute atomic E-state index is 4.79. The molecule has 0 fully saturated rings.